The first-order valence-corrected chi connectivity index (χ1v) is 9.78. The molecule has 9 nitrogen and oxygen atoms in total. The van der Waals surface area contributed by atoms with E-state index in [-0.39, 0.29) is 25.0 Å². The quantitative estimate of drug-likeness (QED) is 0.526. The number of hydrogen-bond acceptors (Lipinski definition) is 7. The summed E-state index contributed by atoms with van der Waals surface area (Å²) in [5.41, 5.74) is 0. The van der Waals surface area contributed by atoms with E-state index in [0.29, 0.717) is 12.8 Å². The molecule has 0 aliphatic carbocycles. The third kappa shape index (κ3) is 5.21. The Balaban J connectivity index is 2.11. The molecule has 2 rings (SSSR count). The van der Waals surface area contributed by atoms with Gasteiger partial charge in [0, 0.05) is 0 Å². The average molecular weight is 400 g/mol. The van der Waals surface area contributed by atoms with Crippen LogP contribution in [0.3, 0.4) is 0 Å². The van der Waals surface area contributed by atoms with Gasteiger partial charge >= 0.3 is 5.97 Å². The summed E-state index contributed by atoms with van der Waals surface area (Å²) in [6, 6.07) is -1.17. The number of morpholine rings is 1. The number of nitrogens with one attached hydrogen (secondary N) is 1. The van der Waals surface area contributed by atoms with Gasteiger partial charge in [-0.25, -0.2) is 4.79 Å². The lowest BCUT2D eigenvalue weighted by Gasteiger charge is -2.36. The highest BCUT2D eigenvalue weighted by Crippen LogP contribution is 2.30. The van der Waals surface area contributed by atoms with Crippen molar-refractivity contribution >= 4 is 17.8 Å². The van der Waals surface area contributed by atoms with Gasteiger partial charge < -0.3 is 29.5 Å². The van der Waals surface area contributed by atoms with Crippen LogP contribution in [0.5, 0.6) is 0 Å². The zero-order valence-corrected chi connectivity index (χ0v) is 17.2. The molecule has 28 heavy (non-hydrogen) atoms. The Labute approximate surface area is 165 Å². The summed E-state index contributed by atoms with van der Waals surface area (Å²) in [5, 5.41) is 12.2. The molecule has 160 valence electrons. The average Bonchev–Trinajstić information content (AvgIpc) is 3.00. The number of aliphatic hydroxyl groups excluding tert-OH is 1. The van der Waals surface area contributed by atoms with Gasteiger partial charge in [0.1, 0.15) is 6.04 Å². The van der Waals surface area contributed by atoms with Gasteiger partial charge in [0.05, 0.1) is 26.3 Å². The second kappa shape index (κ2) is 9.67. The van der Waals surface area contributed by atoms with Gasteiger partial charge in [0.15, 0.2) is 18.5 Å². The van der Waals surface area contributed by atoms with Crippen LogP contribution in [0, 0.1) is 11.8 Å². The van der Waals surface area contributed by atoms with Crippen molar-refractivity contribution < 1.29 is 33.7 Å². The predicted molar refractivity (Wildman–Crippen MR) is 99.0 cm³/mol. The first-order chi connectivity index (χ1) is 13.2. The van der Waals surface area contributed by atoms with Gasteiger partial charge in [-0.1, -0.05) is 27.7 Å². The zero-order chi connectivity index (χ0) is 21.0. The molecule has 0 saturated carbocycles. The number of ether oxygens (including phenoxy) is 3. The van der Waals surface area contributed by atoms with Crippen molar-refractivity contribution in [3.63, 3.8) is 0 Å². The Kier molecular flexibility index (Phi) is 7.79. The lowest BCUT2D eigenvalue weighted by Crippen LogP contribution is -2.57. The second-order valence-electron chi connectivity index (χ2n) is 8.22. The van der Waals surface area contributed by atoms with E-state index in [0.717, 1.165) is 0 Å². The highest BCUT2D eigenvalue weighted by Gasteiger charge is 2.53. The molecule has 2 fully saturated rings. The van der Waals surface area contributed by atoms with E-state index in [1.54, 1.807) is 0 Å². The Morgan fingerprint density at radius 2 is 1.86 bits per heavy atom. The maximum atomic E-state index is 13.0. The molecular weight excluding hydrogens is 368 g/mol. The molecule has 5 atom stereocenters. The standard InChI is InChI=1S/C19H32N2O7/c1-10(2)6-12(9-22)20-17(23)15-16-18(24)21(8-14(27-15)28-16)13(7-11(3)4)19(25)26-5/h10-16,22H,6-9H2,1-5H3,(H,20,23)/t12-,13-,14+,15+,16+/m0/s1. The summed E-state index contributed by atoms with van der Waals surface area (Å²) < 4.78 is 16.0. The normalized spacial score (nSPS) is 26.5. The molecule has 0 unspecified atom stereocenters. The monoisotopic (exact) mass is 400 g/mol. The van der Waals surface area contributed by atoms with Crippen molar-refractivity contribution in [3.05, 3.63) is 0 Å². The molecule has 0 aromatic rings. The van der Waals surface area contributed by atoms with Gasteiger partial charge in [-0.05, 0) is 24.7 Å². The van der Waals surface area contributed by atoms with Crippen LogP contribution in [-0.2, 0) is 28.6 Å². The Bertz CT molecular complexity index is 581. The summed E-state index contributed by atoms with van der Waals surface area (Å²) in [6.07, 6.45) is -1.97. The first kappa shape index (κ1) is 22.6. The number of rotatable bonds is 9. The fourth-order valence-electron chi connectivity index (χ4n) is 3.63. The van der Waals surface area contributed by atoms with Gasteiger partial charge in [-0.15, -0.1) is 0 Å². The first-order valence-electron chi connectivity index (χ1n) is 9.78. The van der Waals surface area contributed by atoms with Crippen LogP contribution in [0.4, 0.5) is 0 Å². The minimum atomic E-state index is -1.11. The molecule has 2 aliphatic rings. The van der Waals surface area contributed by atoms with Crippen LogP contribution in [0.2, 0.25) is 0 Å². The SMILES string of the molecule is COC(=O)[C@H](CC(C)C)N1C[C@@H]2O[C@@H](C(=O)N[C@H](CO)CC(C)C)[C@@H](O2)C1=O. The lowest BCUT2D eigenvalue weighted by atomic mass is 10.0. The highest BCUT2D eigenvalue weighted by molar-refractivity contribution is 5.94. The number of aliphatic hydroxyl groups is 1. The van der Waals surface area contributed by atoms with Crippen LogP contribution in [0.15, 0.2) is 0 Å². The zero-order valence-electron chi connectivity index (χ0n) is 17.2. The van der Waals surface area contributed by atoms with E-state index in [9.17, 15) is 19.5 Å². The van der Waals surface area contributed by atoms with Crippen molar-refractivity contribution in [1.29, 1.82) is 0 Å². The molecule has 2 aliphatic heterocycles. The molecule has 0 aromatic heterocycles. The third-order valence-electron chi connectivity index (χ3n) is 4.87. The molecule has 2 N–H and O–H groups in total. The summed E-state index contributed by atoms with van der Waals surface area (Å²) in [5.74, 6) is -1.01. The Morgan fingerprint density at radius 3 is 2.39 bits per heavy atom. The molecule has 2 amide bonds. The lowest BCUT2D eigenvalue weighted by molar-refractivity contribution is -0.174. The number of amides is 2. The van der Waals surface area contributed by atoms with E-state index in [4.69, 9.17) is 14.2 Å². The summed E-state index contributed by atoms with van der Waals surface area (Å²) >= 11 is 0. The fraction of sp³-hybridized carbons (Fsp3) is 0.842. The number of fused-ring (bicyclic) bond motifs is 2. The molecule has 9 heteroatoms. The van der Waals surface area contributed by atoms with Crippen molar-refractivity contribution in [2.45, 2.75) is 71.1 Å². The van der Waals surface area contributed by atoms with Crippen LogP contribution < -0.4 is 5.32 Å². The van der Waals surface area contributed by atoms with E-state index >= 15 is 0 Å². The number of hydrogen-bond donors (Lipinski definition) is 2. The number of esters is 1. The molecular formula is C19H32N2O7. The van der Waals surface area contributed by atoms with Crippen LogP contribution in [0.25, 0.3) is 0 Å². The van der Waals surface area contributed by atoms with E-state index in [1.165, 1.54) is 12.0 Å². The van der Waals surface area contributed by atoms with Gasteiger partial charge in [-0.2, -0.15) is 0 Å². The Hall–Kier alpha value is -1.71. The number of carbonyl (C=O) groups is 3. The molecule has 2 bridgehead atoms. The molecule has 2 heterocycles. The van der Waals surface area contributed by atoms with E-state index in [1.807, 2.05) is 27.7 Å². The highest BCUT2D eigenvalue weighted by atomic mass is 16.7. The summed E-state index contributed by atoms with van der Waals surface area (Å²) in [4.78, 5) is 39.2. The van der Waals surface area contributed by atoms with E-state index < -0.39 is 48.4 Å². The smallest absolute Gasteiger partial charge is 0.328 e. The van der Waals surface area contributed by atoms with Crippen LogP contribution >= 0.6 is 0 Å². The summed E-state index contributed by atoms with van der Waals surface area (Å²) in [7, 11) is 1.28. The van der Waals surface area contributed by atoms with Crippen molar-refractivity contribution in [2.75, 3.05) is 20.3 Å². The van der Waals surface area contributed by atoms with Crippen LogP contribution in [0.1, 0.15) is 40.5 Å². The number of nitrogens with zero attached hydrogens (tertiary/aromatic N) is 1. The second-order valence-corrected chi connectivity index (χ2v) is 8.22. The molecule has 0 radical (unpaired) electrons. The third-order valence-corrected chi connectivity index (χ3v) is 4.87. The van der Waals surface area contributed by atoms with Gasteiger partial charge in [-0.3, -0.25) is 9.59 Å². The fourth-order valence-corrected chi connectivity index (χ4v) is 3.63. The largest absolute Gasteiger partial charge is 0.467 e. The number of methoxy groups -OCH3 is 1. The Morgan fingerprint density at radius 1 is 1.21 bits per heavy atom. The molecule has 0 aromatic carbocycles. The topological polar surface area (TPSA) is 114 Å². The minimum absolute atomic E-state index is 0.0566. The van der Waals surface area contributed by atoms with Gasteiger partial charge in [0.25, 0.3) is 11.8 Å². The van der Waals surface area contributed by atoms with Crippen LogP contribution in [-0.4, -0.2) is 78.6 Å². The van der Waals surface area contributed by atoms with E-state index in [2.05, 4.69) is 5.32 Å². The molecule has 2 saturated heterocycles. The summed E-state index contributed by atoms with van der Waals surface area (Å²) in [6.45, 7) is 7.73. The van der Waals surface area contributed by atoms with Gasteiger partial charge in [0.2, 0.25) is 0 Å². The van der Waals surface area contributed by atoms with Crippen molar-refractivity contribution in [2.24, 2.45) is 11.8 Å². The number of carbonyl (C=O) groups excluding carboxylic acids is 3. The maximum absolute atomic E-state index is 13.0. The van der Waals surface area contributed by atoms with Crippen molar-refractivity contribution in [3.8, 4) is 0 Å². The predicted octanol–water partition coefficient (Wildman–Crippen LogP) is 0.0496. The minimum Gasteiger partial charge on any atom is -0.467 e. The molecule has 0 spiro atoms. The maximum Gasteiger partial charge on any atom is 0.328 e. The van der Waals surface area contributed by atoms with Crippen molar-refractivity contribution in [1.82, 2.24) is 10.2 Å².